The molecule has 0 fully saturated rings. The largest absolute Gasteiger partial charge is 0.342 e. The second-order valence-electron chi connectivity index (χ2n) is 6.49. The van der Waals surface area contributed by atoms with Gasteiger partial charge in [0.05, 0.1) is 0 Å². The molecule has 0 spiro atoms. The summed E-state index contributed by atoms with van der Waals surface area (Å²) in [6, 6.07) is 0. The molecule has 0 aromatic carbocycles. The van der Waals surface area contributed by atoms with E-state index in [1.165, 1.54) is 57.8 Å². The Labute approximate surface area is 133 Å². The number of nitrogens with zero attached hydrogens (tertiary/aromatic N) is 2. The topological polar surface area (TPSA) is 23.6 Å². The molecule has 0 unspecified atom stereocenters. The van der Waals surface area contributed by atoms with Crippen LogP contribution in [-0.2, 0) is 4.79 Å². The van der Waals surface area contributed by atoms with Gasteiger partial charge in [-0.2, -0.15) is 0 Å². The maximum atomic E-state index is 11.6. The summed E-state index contributed by atoms with van der Waals surface area (Å²) in [4.78, 5) is 15.7. The molecule has 0 aromatic rings. The fourth-order valence-corrected chi connectivity index (χ4v) is 2.54. The summed E-state index contributed by atoms with van der Waals surface area (Å²) in [5, 5.41) is 0. The van der Waals surface area contributed by atoms with Crippen LogP contribution in [0.25, 0.3) is 0 Å². The monoisotopic (exact) mass is 298 g/mol. The molecule has 0 N–H and O–H groups in total. The molecule has 0 aliphatic heterocycles. The van der Waals surface area contributed by atoms with E-state index in [0.29, 0.717) is 0 Å². The van der Waals surface area contributed by atoms with E-state index >= 15 is 0 Å². The van der Waals surface area contributed by atoms with Crippen molar-refractivity contribution in [2.75, 3.05) is 33.7 Å². The standard InChI is InChI=1S/C18H38N2O/c1-5-6-7-8-9-10-11-12-13-14-15-20(18(2)21)17-16-19(3)4/h5-17H2,1-4H3. The van der Waals surface area contributed by atoms with Gasteiger partial charge in [-0.1, -0.05) is 64.7 Å². The molecule has 126 valence electrons. The van der Waals surface area contributed by atoms with E-state index in [9.17, 15) is 4.79 Å². The molecule has 0 radical (unpaired) electrons. The van der Waals surface area contributed by atoms with Gasteiger partial charge in [-0.25, -0.2) is 0 Å². The predicted molar refractivity (Wildman–Crippen MR) is 92.7 cm³/mol. The van der Waals surface area contributed by atoms with E-state index in [1.807, 2.05) is 4.90 Å². The highest BCUT2D eigenvalue weighted by atomic mass is 16.2. The second-order valence-corrected chi connectivity index (χ2v) is 6.49. The van der Waals surface area contributed by atoms with Gasteiger partial charge >= 0.3 is 0 Å². The highest BCUT2D eigenvalue weighted by Gasteiger charge is 2.07. The summed E-state index contributed by atoms with van der Waals surface area (Å²) in [6.07, 6.45) is 13.5. The molecule has 0 rings (SSSR count). The van der Waals surface area contributed by atoms with Crippen molar-refractivity contribution in [3.63, 3.8) is 0 Å². The molecule has 3 nitrogen and oxygen atoms in total. The molecule has 3 heteroatoms. The Bertz CT molecular complexity index is 241. The average molecular weight is 299 g/mol. The first-order valence-corrected chi connectivity index (χ1v) is 8.98. The van der Waals surface area contributed by atoms with Gasteiger partial charge in [-0.3, -0.25) is 4.79 Å². The Balaban J connectivity index is 3.43. The van der Waals surface area contributed by atoms with Crippen molar-refractivity contribution >= 4 is 5.91 Å². The summed E-state index contributed by atoms with van der Waals surface area (Å²) in [5.41, 5.74) is 0. The Morgan fingerprint density at radius 3 is 1.62 bits per heavy atom. The number of hydrogen-bond acceptors (Lipinski definition) is 2. The first-order chi connectivity index (χ1) is 10.1. The van der Waals surface area contributed by atoms with Crippen molar-refractivity contribution in [1.82, 2.24) is 9.80 Å². The van der Waals surface area contributed by atoms with Gasteiger partial charge in [0.15, 0.2) is 0 Å². The lowest BCUT2D eigenvalue weighted by Crippen LogP contribution is -2.35. The Morgan fingerprint density at radius 2 is 1.19 bits per heavy atom. The maximum Gasteiger partial charge on any atom is 0.219 e. The van der Waals surface area contributed by atoms with Crippen molar-refractivity contribution in [2.45, 2.75) is 78.1 Å². The first kappa shape index (κ1) is 20.4. The average Bonchev–Trinajstić information content (AvgIpc) is 2.43. The van der Waals surface area contributed by atoms with E-state index in [-0.39, 0.29) is 5.91 Å². The molecule has 0 atom stereocenters. The van der Waals surface area contributed by atoms with Gasteiger partial charge in [0.25, 0.3) is 0 Å². The van der Waals surface area contributed by atoms with Crippen molar-refractivity contribution in [3.05, 3.63) is 0 Å². The number of carbonyl (C=O) groups is 1. The van der Waals surface area contributed by atoms with Gasteiger partial charge in [-0.05, 0) is 20.5 Å². The third-order valence-electron chi connectivity index (χ3n) is 4.04. The summed E-state index contributed by atoms with van der Waals surface area (Å²) >= 11 is 0. The zero-order valence-corrected chi connectivity index (χ0v) is 15.0. The molecule has 0 heterocycles. The highest BCUT2D eigenvalue weighted by Crippen LogP contribution is 2.10. The Hall–Kier alpha value is -0.570. The minimum atomic E-state index is 0.216. The summed E-state index contributed by atoms with van der Waals surface area (Å²) in [6.45, 7) is 6.70. The van der Waals surface area contributed by atoms with Crippen LogP contribution in [0.2, 0.25) is 0 Å². The van der Waals surface area contributed by atoms with Crippen LogP contribution >= 0.6 is 0 Å². The molecule has 0 aliphatic carbocycles. The van der Waals surface area contributed by atoms with Crippen LogP contribution in [0.3, 0.4) is 0 Å². The third-order valence-corrected chi connectivity index (χ3v) is 4.04. The number of amides is 1. The van der Waals surface area contributed by atoms with Gasteiger partial charge < -0.3 is 9.80 Å². The van der Waals surface area contributed by atoms with Crippen molar-refractivity contribution < 1.29 is 4.79 Å². The minimum Gasteiger partial charge on any atom is -0.342 e. The zero-order valence-electron chi connectivity index (χ0n) is 15.0. The van der Waals surface area contributed by atoms with Crippen LogP contribution in [0.15, 0.2) is 0 Å². The van der Waals surface area contributed by atoms with E-state index in [0.717, 1.165) is 26.1 Å². The Kier molecular flexibility index (Phi) is 14.0. The molecule has 0 saturated carbocycles. The summed E-state index contributed by atoms with van der Waals surface area (Å²) < 4.78 is 0. The number of unbranched alkanes of at least 4 members (excludes halogenated alkanes) is 9. The van der Waals surface area contributed by atoms with Crippen LogP contribution in [0.4, 0.5) is 0 Å². The van der Waals surface area contributed by atoms with Crippen LogP contribution in [0.1, 0.15) is 78.1 Å². The number of hydrogen-bond donors (Lipinski definition) is 0. The van der Waals surface area contributed by atoms with Crippen LogP contribution in [-0.4, -0.2) is 49.4 Å². The molecular formula is C18H38N2O. The first-order valence-electron chi connectivity index (χ1n) is 8.98. The molecule has 21 heavy (non-hydrogen) atoms. The van der Waals surface area contributed by atoms with E-state index < -0.39 is 0 Å². The number of carbonyl (C=O) groups excluding carboxylic acids is 1. The van der Waals surface area contributed by atoms with Crippen LogP contribution in [0.5, 0.6) is 0 Å². The molecule has 0 bridgehead atoms. The third kappa shape index (κ3) is 14.1. The summed E-state index contributed by atoms with van der Waals surface area (Å²) in [7, 11) is 4.11. The lowest BCUT2D eigenvalue weighted by molar-refractivity contribution is -0.129. The SMILES string of the molecule is CCCCCCCCCCCCN(CCN(C)C)C(C)=O. The van der Waals surface area contributed by atoms with Crippen molar-refractivity contribution in [2.24, 2.45) is 0 Å². The van der Waals surface area contributed by atoms with Gasteiger partial charge in [0.2, 0.25) is 5.91 Å². The predicted octanol–water partition coefficient (Wildman–Crippen LogP) is 4.32. The van der Waals surface area contributed by atoms with Gasteiger partial charge in [-0.15, -0.1) is 0 Å². The fourth-order valence-electron chi connectivity index (χ4n) is 2.54. The number of likely N-dealkylation sites (N-methyl/N-ethyl adjacent to an activating group) is 1. The normalized spacial score (nSPS) is 11.1. The molecule has 0 aliphatic rings. The maximum absolute atomic E-state index is 11.6. The molecule has 0 aromatic heterocycles. The molecule has 1 amide bonds. The van der Waals surface area contributed by atoms with Crippen LogP contribution in [0, 0.1) is 0 Å². The summed E-state index contributed by atoms with van der Waals surface area (Å²) in [5.74, 6) is 0.216. The minimum absolute atomic E-state index is 0.216. The van der Waals surface area contributed by atoms with Crippen molar-refractivity contribution in [1.29, 1.82) is 0 Å². The lowest BCUT2D eigenvalue weighted by atomic mass is 10.1. The van der Waals surface area contributed by atoms with Crippen molar-refractivity contribution in [3.8, 4) is 0 Å². The lowest BCUT2D eigenvalue weighted by Gasteiger charge is -2.23. The highest BCUT2D eigenvalue weighted by molar-refractivity contribution is 5.73. The van der Waals surface area contributed by atoms with Gasteiger partial charge in [0, 0.05) is 26.6 Å². The zero-order chi connectivity index (χ0) is 15.9. The van der Waals surface area contributed by atoms with Crippen LogP contribution < -0.4 is 0 Å². The van der Waals surface area contributed by atoms with E-state index in [4.69, 9.17) is 0 Å². The smallest absolute Gasteiger partial charge is 0.219 e. The quantitative estimate of drug-likeness (QED) is 0.446. The molecular weight excluding hydrogens is 260 g/mol. The molecule has 0 saturated heterocycles. The number of rotatable bonds is 14. The van der Waals surface area contributed by atoms with E-state index in [1.54, 1.807) is 6.92 Å². The van der Waals surface area contributed by atoms with Gasteiger partial charge in [0.1, 0.15) is 0 Å². The Morgan fingerprint density at radius 1 is 0.714 bits per heavy atom. The second kappa shape index (κ2) is 14.4. The fraction of sp³-hybridized carbons (Fsp3) is 0.944. The van der Waals surface area contributed by atoms with E-state index in [2.05, 4.69) is 25.9 Å².